The van der Waals surface area contributed by atoms with Crippen molar-refractivity contribution >= 4 is 34.3 Å². The van der Waals surface area contributed by atoms with Crippen LogP contribution < -0.4 is 10.1 Å². The van der Waals surface area contributed by atoms with Gasteiger partial charge in [-0.05, 0) is 47.3 Å². The lowest BCUT2D eigenvalue weighted by Crippen LogP contribution is -2.16. The van der Waals surface area contributed by atoms with Crippen molar-refractivity contribution < 1.29 is 23.9 Å². The number of pyridine rings is 1. The van der Waals surface area contributed by atoms with Crippen LogP contribution in [0, 0.1) is 0 Å². The Kier molecular flexibility index (Phi) is 6.40. The average Bonchev–Trinajstić information content (AvgIpc) is 2.85. The highest BCUT2D eigenvalue weighted by molar-refractivity contribution is 6.15. The molecule has 0 radical (unpaired) electrons. The largest absolute Gasteiger partial charge is 0.469 e. The molecule has 3 aromatic carbocycles. The Labute approximate surface area is 190 Å². The van der Waals surface area contributed by atoms with E-state index < -0.39 is 6.09 Å². The number of methoxy groups -OCH3 is 1. The Morgan fingerprint density at radius 2 is 1.52 bits per heavy atom. The van der Waals surface area contributed by atoms with Gasteiger partial charge in [0.05, 0.1) is 13.5 Å². The number of amides is 1. The molecule has 1 amide bonds. The van der Waals surface area contributed by atoms with Crippen LogP contribution in [0.15, 0.2) is 85.1 Å². The number of hydrogen-bond donors (Lipinski definition) is 1. The number of carbonyl (C=O) groups is 3. The molecule has 0 bridgehead atoms. The summed E-state index contributed by atoms with van der Waals surface area (Å²) in [6, 6.07) is 22.5. The first-order valence-corrected chi connectivity index (χ1v) is 10.2. The summed E-state index contributed by atoms with van der Waals surface area (Å²) in [4.78, 5) is 41.3. The summed E-state index contributed by atoms with van der Waals surface area (Å²) in [6.07, 6.45) is 0.967. The predicted molar refractivity (Wildman–Crippen MR) is 123 cm³/mol. The van der Waals surface area contributed by atoms with E-state index in [0.29, 0.717) is 28.0 Å². The molecule has 4 rings (SSSR count). The van der Waals surface area contributed by atoms with Gasteiger partial charge in [0, 0.05) is 22.8 Å². The molecule has 0 saturated carbocycles. The van der Waals surface area contributed by atoms with Gasteiger partial charge in [-0.1, -0.05) is 42.5 Å². The minimum absolute atomic E-state index is 0.0674. The van der Waals surface area contributed by atoms with E-state index in [2.05, 4.69) is 10.3 Å². The van der Waals surface area contributed by atoms with E-state index in [1.54, 1.807) is 54.6 Å². The summed E-state index contributed by atoms with van der Waals surface area (Å²) in [6.45, 7) is 0. The number of esters is 1. The van der Waals surface area contributed by atoms with E-state index >= 15 is 0 Å². The summed E-state index contributed by atoms with van der Waals surface area (Å²) in [5, 5.41) is 4.04. The lowest BCUT2D eigenvalue weighted by Gasteiger charge is -2.10. The van der Waals surface area contributed by atoms with Crippen molar-refractivity contribution in [2.24, 2.45) is 0 Å². The molecule has 0 unspecified atom stereocenters. The zero-order chi connectivity index (χ0) is 23.2. The quantitative estimate of drug-likeness (QED) is 0.342. The number of nitrogens with one attached hydrogen (secondary N) is 1. The summed E-state index contributed by atoms with van der Waals surface area (Å²) < 4.78 is 9.95. The molecule has 164 valence electrons. The van der Waals surface area contributed by atoms with Crippen LogP contribution in [0.3, 0.4) is 0 Å². The minimum Gasteiger partial charge on any atom is -0.469 e. The fourth-order valence-electron chi connectivity index (χ4n) is 3.38. The van der Waals surface area contributed by atoms with Gasteiger partial charge in [-0.25, -0.2) is 4.79 Å². The number of carbonyl (C=O) groups excluding carboxylic acids is 3. The SMILES string of the molecule is COC(=O)Cc1cnc(C(=O)c2ccc(NC(=O)Oc3ccccc3)cc2)c2ccccc12. The van der Waals surface area contributed by atoms with Crippen molar-refractivity contribution in [3.8, 4) is 5.75 Å². The van der Waals surface area contributed by atoms with E-state index in [-0.39, 0.29) is 23.9 Å². The van der Waals surface area contributed by atoms with Gasteiger partial charge < -0.3 is 9.47 Å². The summed E-state index contributed by atoms with van der Waals surface area (Å²) in [5.41, 5.74) is 1.86. The fraction of sp³-hybridized carbons (Fsp3) is 0.0769. The Morgan fingerprint density at radius 3 is 2.21 bits per heavy atom. The molecule has 7 nitrogen and oxygen atoms in total. The fourth-order valence-corrected chi connectivity index (χ4v) is 3.38. The van der Waals surface area contributed by atoms with E-state index in [0.717, 1.165) is 5.39 Å². The second kappa shape index (κ2) is 9.74. The summed E-state index contributed by atoms with van der Waals surface area (Å²) in [7, 11) is 1.33. The number of nitrogens with zero attached hydrogens (tertiary/aromatic N) is 1. The number of rotatable bonds is 6. The first-order chi connectivity index (χ1) is 16.0. The second-order valence-corrected chi connectivity index (χ2v) is 7.16. The molecular weight excluding hydrogens is 420 g/mol. The highest BCUT2D eigenvalue weighted by atomic mass is 16.6. The Balaban J connectivity index is 1.53. The Bertz CT molecular complexity index is 1320. The molecule has 7 heteroatoms. The smallest absolute Gasteiger partial charge is 0.417 e. The Morgan fingerprint density at radius 1 is 0.848 bits per heavy atom. The first-order valence-electron chi connectivity index (χ1n) is 10.2. The van der Waals surface area contributed by atoms with Gasteiger partial charge in [0.25, 0.3) is 0 Å². The molecular formula is C26H20N2O5. The number of fused-ring (bicyclic) bond motifs is 1. The number of ether oxygens (including phenoxy) is 2. The van der Waals surface area contributed by atoms with Crippen LogP contribution in [0.2, 0.25) is 0 Å². The van der Waals surface area contributed by atoms with Gasteiger partial charge in [0.1, 0.15) is 11.4 Å². The van der Waals surface area contributed by atoms with Crippen molar-refractivity contribution in [2.75, 3.05) is 12.4 Å². The summed E-state index contributed by atoms with van der Waals surface area (Å²) >= 11 is 0. The second-order valence-electron chi connectivity index (χ2n) is 7.16. The zero-order valence-corrected chi connectivity index (χ0v) is 17.8. The van der Waals surface area contributed by atoms with Gasteiger partial charge >= 0.3 is 12.1 Å². The molecule has 0 spiro atoms. The van der Waals surface area contributed by atoms with E-state index in [4.69, 9.17) is 9.47 Å². The third-order valence-corrected chi connectivity index (χ3v) is 5.00. The molecule has 0 atom stereocenters. The van der Waals surface area contributed by atoms with Crippen molar-refractivity contribution in [3.63, 3.8) is 0 Å². The highest BCUT2D eigenvalue weighted by Gasteiger charge is 2.17. The zero-order valence-electron chi connectivity index (χ0n) is 17.8. The molecule has 33 heavy (non-hydrogen) atoms. The number of benzene rings is 3. The highest BCUT2D eigenvalue weighted by Crippen LogP contribution is 2.24. The van der Waals surface area contributed by atoms with Gasteiger partial charge in [0.15, 0.2) is 0 Å². The molecule has 4 aromatic rings. The molecule has 1 N–H and O–H groups in total. The molecule has 0 fully saturated rings. The maximum absolute atomic E-state index is 13.2. The van der Waals surface area contributed by atoms with E-state index in [1.807, 2.05) is 24.3 Å². The predicted octanol–water partition coefficient (Wildman–Crippen LogP) is 4.79. The van der Waals surface area contributed by atoms with Crippen LogP contribution in [-0.4, -0.2) is 29.9 Å². The van der Waals surface area contributed by atoms with Gasteiger partial charge in [-0.3, -0.25) is 19.9 Å². The van der Waals surface area contributed by atoms with Crippen LogP contribution in [-0.2, 0) is 16.0 Å². The number of ketones is 1. The van der Waals surface area contributed by atoms with E-state index in [1.165, 1.54) is 13.3 Å². The molecule has 0 aliphatic heterocycles. The molecule has 0 saturated heterocycles. The lowest BCUT2D eigenvalue weighted by atomic mass is 9.98. The maximum atomic E-state index is 13.2. The van der Waals surface area contributed by atoms with Gasteiger partial charge in [-0.2, -0.15) is 0 Å². The lowest BCUT2D eigenvalue weighted by molar-refractivity contribution is -0.139. The van der Waals surface area contributed by atoms with Gasteiger partial charge in [-0.15, -0.1) is 0 Å². The van der Waals surface area contributed by atoms with Crippen molar-refractivity contribution in [3.05, 3.63) is 102 Å². The van der Waals surface area contributed by atoms with Crippen LogP contribution in [0.4, 0.5) is 10.5 Å². The number of aromatic nitrogens is 1. The number of anilines is 1. The van der Waals surface area contributed by atoms with Crippen LogP contribution in [0.5, 0.6) is 5.75 Å². The van der Waals surface area contributed by atoms with Crippen molar-refractivity contribution in [2.45, 2.75) is 6.42 Å². The normalized spacial score (nSPS) is 10.5. The van der Waals surface area contributed by atoms with Gasteiger partial charge in [0.2, 0.25) is 5.78 Å². The molecule has 0 aliphatic carbocycles. The maximum Gasteiger partial charge on any atom is 0.417 e. The molecule has 1 heterocycles. The minimum atomic E-state index is -0.630. The topological polar surface area (TPSA) is 94.6 Å². The third-order valence-electron chi connectivity index (χ3n) is 5.00. The van der Waals surface area contributed by atoms with E-state index in [9.17, 15) is 14.4 Å². The first kappa shape index (κ1) is 21.7. The monoisotopic (exact) mass is 440 g/mol. The average molecular weight is 440 g/mol. The van der Waals surface area contributed by atoms with Crippen LogP contribution in [0.25, 0.3) is 10.8 Å². The standard InChI is InChI=1S/C26H20N2O5/c1-32-23(29)15-18-16-27-24(22-10-6-5-9-21(18)22)25(30)17-11-13-19(14-12-17)28-26(31)33-20-7-3-2-4-8-20/h2-14,16H,15H2,1H3,(H,28,31). The summed E-state index contributed by atoms with van der Waals surface area (Å²) in [5.74, 6) is -0.223. The number of para-hydroxylation sites is 1. The molecule has 1 aromatic heterocycles. The third kappa shape index (κ3) is 5.04. The van der Waals surface area contributed by atoms with Crippen LogP contribution >= 0.6 is 0 Å². The number of hydrogen-bond acceptors (Lipinski definition) is 6. The van der Waals surface area contributed by atoms with Crippen molar-refractivity contribution in [1.29, 1.82) is 0 Å². The van der Waals surface area contributed by atoms with Crippen molar-refractivity contribution in [1.82, 2.24) is 4.98 Å². The Hall–Kier alpha value is -4.52. The molecule has 0 aliphatic rings. The van der Waals surface area contributed by atoms with Crippen LogP contribution in [0.1, 0.15) is 21.6 Å².